The van der Waals surface area contributed by atoms with Crippen LogP contribution in [0.2, 0.25) is 0 Å². The molecule has 0 heterocycles. The van der Waals surface area contributed by atoms with Gasteiger partial charge in [-0.1, -0.05) is 187 Å². The van der Waals surface area contributed by atoms with E-state index in [2.05, 4.69) is 120 Å². The van der Waals surface area contributed by atoms with E-state index in [9.17, 15) is 4.79 Å². The largest absolute Gasteiger partial charge is 0.399 e. The summed E-state index contributed by atoms with van der Waals surface area (Å²) in [6.07, 6.45) is 16.4. The van der Waals surface area contributed by atoms with E-state index in [-0.39, 0.29) is 5.92 Å². The van der Waals surface area contributed by atoms with Gasteiger partial charge in [0.25, 0.3) is 0 Å². The van der Waals surface area contributed by atoms with Gasteiger partial charge >= 0.3 is 0 Å². The Balaban J connectivity index is -0.000000185. The van der Waals surface area contributed by atoms with Crippen molar-refractivity contribution >= 4 is 5.78 Å². The molecule has 3 unspecified atom stereocenters. The van der Waals surface area contributed by atoms with Crippen LogP contribution in [0.25, 0.3) is 0 Å². The first-order chi connectivity index (χ1) is 25.0. The molecule has 0 bridgehead atoms. The van der Waals surface area contributed by atoms with E-state index in [1.54, 1.807) is 6.92 Å². The summed E-state index contributed by atoms with van der Waals surface area (Å²) in [5.41, 5.74) is 14.9. The maximum atomic E-state index is 11.4. The molecule has 2 saturated carbocycles. The van der Waals surface area contributed by atoms with E-state index in [1.165, 1.54) is 77.0 Å². The van der Waals surface area contributed by atoms with E-state index in [1.807, 2.05) is 34.6 Å². The molecule has 54 heavy (non-hydrogen) atoms. The second kappa shape index (κ2) is 36.6. The predicted octanol–water partition coefficient (Wildman–Crippen LogP) is 14.2. The highest BCUT2D eigenvalue weighted by Crippen LogP contribution is 2.61. The van der Waals surface area contributed by atoms with Crippen LogP contribution >= 0.6 is 0 Å². The van der Waals surface area contributed by atoms with Crippen LogP contribution < -0.4 is 22.1 Å². The summed E-state index contributed by atoms with van der Waals surface area (Å²) < 4.78 is 0. The number of ketones is 1. The lowest BCUT2D eigenvalue weighted by Gasteiger charge is -2.24. The number of allylic oxidation sites excluding steroid dienone is 3. The standard InChI is InChI=1S/C13H23NO.C10H21N.C9H21N.C7H14.C5H9N.C3H8.C2H6/c1-8(2)14-7-11-12(13(11,5)6)9(3)10(4)15;1-6-7-10(8(2)3)11-9(4)5;1-4-5-6-7-9(2,3)8-10;1-2-4-7-5-3-6-7;1-4(2)5(3)6;1-3-2;1-2/h9,11-12,14H,1,7H2,2-6H3;8,10-11H,4,6-7H2,1-3,5H3;4-8,10H2,1-3H3;7H,2-6H2,1H3;1,3,6H2,2H3;3H2,1-2H3;1-2H3/t9?,11?,12-;;;;;;/m1....../s1. The molecular formula is C49H102N4O. The predicted molar refractivity (Wildman–Crippen MR) is 250 cm³/mol. The molecule has 6 N–H and O–H groups in total. The van der Waals surface area contributed by atoms with Crippen LogP contribution in [0.1, 0.15) is 202 Å². The van der Waals surface area contributed by atoms with Gasteiger partial charge in [-0.2, -0.15) is 0 Å². The SMILES string of the molecule is C=C(C)C(=C)N.C=C(C)NC(CCC)C(C)C.C=C(C)NCC1[C@@H](C(C)C(C)=O)C1(C)C.CC.CCC.CCCC1CCC1.CCCCCC(C)(C)CN. The maximum Gasteiger partial charge on any atom is 0.132 e. The van der Waals surface area contributed by atoms with Crippen molar-refractivity contribution in [2.75, 3.05) is 13.1 Å². The number of Topliss-reactive ketones (excluding diaryl/α,β-unsaturated/α-hetero) is 1. The molecule has 0 saturated heterocycles. The van der Waals surface area contributed by atoms with E-state index in [0.29, 0.717) is 46.1 Å². The van der Waals surface area contributed by atoms with Crippen LogP contribution in [-0.4, -0.2) is 24.9 Å². The summed E-state index contributed by atoms with van der Waals surface area (Å²) in [4.78, 5) is 11.4. The lowest BCUT2D eigenvalue weighted by atomic mass is 9.82. The Hall–Kier alpha value is -2.01. The molecule has 0 aromatic carbocycles. The summed E-state index contributed by atoms with van der Waals surface area (Å²) in [6, 6.07) is 0.609. The molecule has 4 atom stereocenters. The minimum absolute atomic E-state index is 0.192. The zero-order valence-corrected chi connectivity index (χ0v) is 40.3. The topological polar surface area (TPSA) is 93.2 Å². The Bertz CT molecular complexity index is 931. The number of hydrogen-bond donors (Lipinski definition) is 4. The van der Waals surface area contributed by atoms with Crippen molar-refractivity contribution in [1.82, 2.24) is 10.6 Å². The molecule has 2 fully saturated rings. The molecule has 0 radical (unpaired) electrons. The number of carbonyl (C=O) groups excluding carboxylic acids is 1. The Morgan fingerprint density at radius 3 is 1.59 bits per heavy atom. The van der Waals surface area contributed by atoms with Gasteiger partial charge in [0.2, 0.25) is 0 Å². The van der Waals surface area contributed by atoms with Crippen molar-refractivity contribution in [3.05, 3.63) is 49.0 Å². The van der Waals surface area contributed by atoms with E-state index >= 15 is 0 Å². The van der Waals surface area contributed by atoms with Crippen LogP contribution in [0.15, 0.2) is 49.0 Å². The quantitative estimate of drug-likeness (QED) is 0.0824. The fraction of sp³-hybridized carbons (Fsp3) is 0.816. The van der Waals surface area contributed by atoms with Gasteiger partial charge in [-0.25, -0.2) is 0 Å². The first-order valence-corrected chi connectivity index (χ1v) is 22.1. The van der Waals surface area contributed by atoms with Crippen molar-refractivity contribution in [1.29, 1.82) is 0 Å². The van der Waals surface area contributed by atoms with Crippen LogP contribution in [0, 0.1) is 40.4 Å². The first-order valence-electron chi connectivity index (χ1n) is 22.1. The smallest absolute Gasteiger partial charge is 0.132 e. The highest BCUT2D eigenvalue weighted by Gasteiger charge is 2.59. The summed E-state index contributed by atoms with van der Waals surface area (Å²) in [6.45, 7) is 54.4. The highest BCUT2D eigenvalue weighted by atomic mass is 16.1. The number of carbonyl (C=O) groups is 1. The minimum Gasteiger partial charge on any atom is -0.399 e. The molecular weight excluding hydrogens is 661 g/mol. The van der Waals surface area contributed by atoms with Gasteiger partial charge in [0.05, 0.1) is 0 Å². The summed E-state index contributed by atoms with van der Waals surface area (Å²) in [5.74, 6) is 3.47. The van der Waals surface area contributed by atoms with Gasteiger partial charge in [-0.05, 0) is 87.2 Å². The summed E-state index contributed by atoms with van der Waals surface area (Å²) in [7, 11) is 0. The highest BCUT2D eigenvalue weighted by molar-refractivity contribution is 5.78. The second-order valence-corrected chi connectivity index (χ2v) is 17.5. The fourth-order valence-electron chi connectivity index (χ4n) is 6.05. The van der Waals surface area contributed by atoms with E-state index in [0.717, 1.165) is 36.0 Å². The van der Waals surface area contributed by atoms with Gasteiger partial charge in [-0.3, -0.25) is 4.79 Å². The van der Waals surface area contributed by atoms with Crippen molar-refractivity contribution in [3.63, 3.8) is 0 Å². The van der Waals surface area contributed by atoms with E-state index < -0.39 is 0 Å². The molecule has 2 rings (SSSR count). The lowest BCUT2D eigenvalue weighted by molar-refractivity contribution is -0.121. The summed E-state index contributed by atoms with van der Waals surface area (Å²) in [5, 5.41) is 6.67. The third-order valence-electron chi connectivity index (χ3n) is 10.3. The zero-order valence-electron chi connectivity index (χ0n) is 40.3. The lowest BCUT2D eigenvalue weighted by Crippen LogP contribution is -2.31. The van der Waals surface area contributed by atoms with Gasteiger partial charge in [0.1, 0.15) is 5.78 Å². The fourth-order valence-corrected chi connectivity index (χ4v) is 6.05. The molecule has 0 aromatic rings. The Morgan fingerprint density at radius 2 is 1.33 bits per heavy atom. The number of rotatable bonds is 18. The molecule has 0 amide bonds. The normalized spacial score (nSPS) is 17.2. The number of hydrogen-bond acceptors (Lipinski definition) is 5. The molecule has 2 aliphatic rings. The van der Waals surface area contributed by atoms with Crippen molar-refractivity contribution in [2.24, 2.45) is 51.9 Å². The van der Waals surface area contributed by atoms with Crippen molar-refractivity contribution in [2.45, 2.75) is 208 Å². The molecule has 5 heteroatoms. The monoisotopic (exact) mass is 763 g/mol. The first kappa shape index (κ1) is 61.2. The minimum atomic E-state index is 0.192. The second-order valence-electron chi connectivity index (χ2n) is 17.5. The van der Waals surface area contributed by atoms with Crippen LogP contribution in [-0.2, 0) is 4.79 Å². The number of nitrogens with two attached hydrogens (primary N) is 2. The van der Waals surface area contributed by atoms with Gasteiger partial charge in [0.15, 0.2) is 0 Å². The number of nitrogens with one attached hydrogen (secondary N) is 2. The molecule has 0 aromatic heterocycles. The summed E-state index contributed by atoms with van der Waals surface area (Å²) >= 11 is 0. The maximum absolute atomic E-state index is 11.4. The van der Waals surface area contributed by atoms with Gasteiger partial charge < -0.3 is 22.1 Å². The van der Waals surface area contributed by atoms with Crippen LogP contribution in [0.5, 0.6) is 0 Å². The average molecular weight is 763 g/mol. The Labute approximate surface area is 341 Å². The van der Waals surface area contributed by atoms with Gasteiger partial charge in [-0.15, -0.1) is 0 Å². The van der Waals surface area contributed by atoms with Crippen molar-refractivity contribution < 1.29 is 4.79 Å². The molecule has 324 valence electrons. The molecule has 5 nitrogen and oxygen atoms in total. The zero-order chi connectivity index (χ0) is 43.7. The Morgan fingerprint density at radius 1 is 0.852 bits per heavy atom. The Kier molecular flexibility index (Phi) is 41.5. The molecule has 2 aliphatic carbocycles. The third kappa shape index (κ3) is 35.7. The molecule has 0 aliphatic heterocycles. The third-order valence-corrected chi connectivity index (χ3v) is 10.3. The average Bonchev–Trinajstić information content (AvgIpc) is 3.62. The number of unbranched alkanes of at least 4 members (excludes halogenated alkanes) is 2. The van der Waals surface area contributed by atoms with E-state index in [4.69, 9.17) is 11.5 Å². The molecule has 0 spiro atoms. The van der Waals surface area contributed by atoms with Crippen molar-refractivity contribution in [3.8, 4) is 0 Å². The van der Waals surface area contributed by atoms with Crippen LogP contribution in [0.4, 0.5) is 0 Å². The van der Waals surface area contributed by atoms with Crippen LogP contribution in [0.3, 0.4) is 0 Å². The van der Waals surface area contributed by atoms with Gasteiger partial charge in [0, 0.05) is 35.6 Å².